The molecule has 12 heteroatoms. The van der Waals surface area contributed by atoms with Crippen molar-refractivity contribution in [1.82, 2.24) is 19.8 Å². The van der Waals surface area contributed by atoms with E-state index in [1.807, 2.05) is 19.2 Å². The van der Waals surface area contributed by atoms with Gasteiger partial charge in [-0.2, -0.15) is 28.4 Å². The van der Waals surface area contributed by atoms with Crippen LogP contribution in [0, 0.1) is 17.2 Å². The maximum atomic E-state index is 14.1. The quantitative estimate of drug-likeness (QED) is 0.344. The molecule has 1 saturated heterocycles. The molecule has 3 heterocycles. The molecule has 8 nitrogen and oxygen atoms in total. The number of hydrogen-bond acceptors (Lipinski definition) is 8. The first-order valence-electron chi connectivity index (χ1n) is 15.4. The van der Waals surface area contributed by atoms with E-state index in [1.165, 1.54) is 18.6 Å². The molecule has 2 aliphatic heterocycles. The number of ether oxygens (including phenoxy) is 1. The summed E-state index contributed by atoms with van der Waals surface area (Å²) in [6.07, 6.45) is 4.68. The topological polar surface area (TPSA) is 71.8 Å². The van der Waals surface area contributed by atoms with Crippen LogP contribution in [-0.4, -0.2) is 78.7 Å². The van der Waals surface area contributed by atoms with Crippen molar-refractivity contribution in [3.05, 3.63) is 52.3 Å². The predicted octanol–water partition coefficient (Wildman–Crippen LogP) is 6.15. The Labute approximate surface area is 263 Å². The Hall–Kier alpha value is -3.23. The van der Waals surface area contributed by atoms with Crippen LogP contribution in [-0.2, 0) is 19.1 Å². The van der Waals surface area contributed by atoms with Gasteiger partial charge in [-0.25, -0.2) is 0 Å². The van der Waals surface area contributed by atoms with Gasteiger partial charge in [0.1, 0.15) is 5.82 Å². The van der Waals surface area contributed by atoms with Crippen molar-refractivity contribution in [2.45, 2.75) is 70.3 Å². The number of benzene rings is 1. The van der Waals surface area contributed by atoms with E-state index >= 15 is 0 Å². The van der Waals surface area contributed by atoms with Crippen LogP contribution in [0.1, 0.15) is 55.8 Å². The fraction of sp³-hybridized carbons (Fsp3) is 0.594. The molecular formula is C32H41ClF3N7O. The second-order valence-corrected chi connectivity index (χ2v) is 12.6. The number of alkyl halides is 3. The number of allylic oxidation sites excluding steroid dienone is 1. The minimum Gasteiger partial charge on any atom is -0.463 e. The van der Waals surface area contributed by atoms with E-state index in [0.717, 1.165) is 37.2 Å². The highest BCUT2D eigenvalue weighted by Gasteiger charge is 2.39. The number of halogens is 4. The summed E-state index contributed by atoms with van der Waals surface area (Å²) in [5.41, 5.74) is 0.795. The summed E-state index contributed by atoms with van der Waals surface area (Å²) in [5, 5.41) is 9.20. The minimum absolute atomic E-state index is 0.00830. The Balaban J connectivity index is 1.46. The van der Waals surface area contributed by atoms with Gasteiger partial charge in [0.2, 0.25) is 0 Å². The lowest BCUT2D eigenvalue weighted by atomic mass is 9.86. The van der Waals surface area contributed by atoms with Gasteiger partial charge < -0.3 is 24.3 Å². The fourth-order valence-electron chi connectivity index (χ4n) is 6.79. The molecule has 1 aromatic carbocycles. The van der Waals surface area contributed by atoms with Gasteiger partial charge >= 0.3 is 12.2 Å². The molecule has 0 radical (unpaired) electrons. The van der Waals surface area contributed by atoms with Gasteiger partial charge in [-0.1, -0.05) is 30.2 Å². The summed E-state index contributed by atoms with van der Waals surface area (Å²) in [4.78, 5) is 18.1. The molecule has 1 aromatic heterocycles. The van der Waals surface area contributed by atoms with Crippen molar-refractivity contribution in [1.29, 1.82) is 5.26 Å². The highest BCUT2D eigenvalue weighted by atomic mass is 35.5. The molecular weight excluding hydrogens is 591 g/mol. The van der Waals surface area contributed by atoms with Gasteiger partial charge in [0.05, 0.1) is 53.7 Å². The number of aromatic nitrogens is 2. The zero-order valence-corrected chi connectivity index (χ0v) is 26.4. The van der Waals surface area contributed by atoms with Crippen LogP contribution in [0.3, 0.4) is 0 Å². The van der Waals surface area contributed by atoms with Gasteiger partial charge in [0.15, 0.2) is 0 Å². The maximum Gasteiger partial charge on any atom is 0.419 e. The molecule has 0 N–H and O–H groups in total. The molecule has 3 aliphatic rings. The van der Waals surface area contributed by atoms with Crippen LogP contribution in [0.4, 0.5) is 24.7 Å². The van der Waals surface area contributed by atoms with Gasteiger partial charge in [0.25, 0.3) is 0 Å². The molecule has 2 aromatic rings. The average Bonchev–Trinajstić information content (AvgIpc) is 3.00. The zero-order chi connectivity index (χ0) is 31.4. The van der Waals surface area contributed by atoms with E-state index in [4.69, 9.17) is 26.3 Å². The van der Waals surface area contributed by atoms with E-state index in [-0.39, 0.29) is 29.3 Å². The number of piperazine rings is 1. The number of hydrogen-bond donors (Lipinski definition) is 0. The summed E-state index contributed by atoms with van der Waals surface area (Å²) >= 11 is 6.07. The number of nitrogens with zero attached hydrogens (tertiary/aromatic N) is 7. The van der Waals surface area contributed by atoms with Gasteiger partial charge in [-0.05, 0) is 71.0 Å². The maximum absolute atomic E-state index is 14.1. The number of nitriles is 1. The van der Waals surface area contributed by atoms with Crippen LogP contribution >= 0.6 is 11.6 Å². The Bertz CT molecular complexity index is 1380. The number of anilines is 2. The lowest BCUT2D eigenvalue weighted by Gasteiger charge is -2.42. The third kappa shape index (κ3) is 7.18. The summed E-state index contributed by atoms with van der Waals surface area (Å²) in [6.45, 7) is 5.01. The smallest absolute Gasteiger partial charge is 0.419 e. The van der Waals surface area contributed by atoms with E-state index in [0.29, 0.717) is 56.7 Å². The molecule has 0 spiro atoms. The average molecular weight is 632 g/mol. The van der Waals surface area contributed by atoms with E-state index < -0.39 is 11.7 Å². The molecule has 1 aliphatic carbocycles. The molecule has 5 rings (SSSR count). The molecule has 2 unspecified atom stereocenters. The molecule has 0 amide bonds. The van der Waals surface area contributed by atoms with Crippen molar-refractivity contribution in [3.8, 4) is 12.1 Å². The summed E-state index contributed by atoms with van der Waals surface area (Å²) in [5.74, 6) is 1.13. The Morgan fingerprint density at radius 3 is 2.70 bits per heavy atom. The van der Waals surface area contributed by atoms with Crippen LogP contribution in [0.5, 0.6) is 6.01 Å². The van der Waals surface area contributed by atoms with Crippen molar-refractivity contribution < 1.29 is 17.9 Å². The lowest BCUT2D eigenvalue weighted by molar-refractivity contribution is -0.137. The van der Waals surface area contributed by atoms with E-state index in [9.17, 15) is 18.4 Å². The molecule has 44 heavy (non-hydrogen) atoms. The van der Waals surface area contributed by atoms with Crippen molar-refractivity contribution >= 4 is 23.1 Å². The number of fused-ring (bicyclic) bond motifs is 1. The highest BCUT2D eigenvalue weighted by molar-refractivity contribution is 6.31. The third-order valence-corrected chi connectivity index (χ3v) is 9.38. The monoisotopic (exact) mass is 631 g/mol. The molecule has 3 atom stereocenters. The summed E-state index contributed by atoms with van der Waals surface area (Å²) in [6, 6.07) is 7.36. The normalized spacial score (nSPS) is 22.8. The summed E-state index contributed by atoms with van der Waals surface area (Å²) < 4.78 is 48.5. The fourth-order valence-corrected chi connectivity index (χ4v) is 7.07. The Morgan fingerprint density at radius 1 is 1.16 bits per heavy atom. The Morgan fingerprint density at radius 2 is 1.98 bits per heavy atom. The standard InChI is InChI=1S/C32H41ClF3N7O/c1-4-14-41-16-17-43(19-24(41)11-13-37)30-25-12-15-42(28-10-6-9-26(33)29(28)32(34,35)36)20-27(25)38-31(39-30)44-21-22-7-5-8-23(18-22)40(2)3/h4,6,9-10,14,22-24H,5,7-8,11-12,15-21H2,1-3H3/t22?,23?,24-/m0/s1. The van der Waals surface area contributed by atoms with Gasteiger partial charge in [-0.3, -0.25) is 0 Å². The van der Waals surface area contributed by atoms with Crippen LogP contribution in [0.25, 0.3) is 0 Å². The van der Waals surface area contributed by atoms with E-state index in [2.05, 4.69) is 34.9 Å². The molecule has 0 bridgehead atoms. The van der Waals surface area contributed by atoms with Crippen LogP contribution in [0.15, 0.2) is 30.5 Å². The largest absolute Gasteiger partial charge is 0.463 e. The lowest BCUT2D eigenvalue weighted by Crippen LogP contribution is -2.51. The third-order valence-electron chi connectivity index (χ3n) is 9.07. The molecule has 2 fully saturated rings. The number of rotatable bonds is 8. The first-order chi connectivity index (χ1) is 21.1. The van der Waals surface area contributed by atoms with Crippen LogP contribution < -0.4 is 14.5 Å². The van der Waals surface area contributed by atoms with E-state index in [1.54, 1.807) is 11.0 Å². The second-order valence-electron chi connectivity index (χ2n) is 12.2. The van der Waals surface area contributed by atoms with Gasteiger partial charge in [-0.15, -0.1) is 0 Å². The first-order valence-corrected chi connectivity index (χ1v) is 15.8. The summed E-state index contributed by atoms with van der Waals surface area (Å²) in [7, 11) is 4.22. The van der Waals surface area contributed by atoms with Crippen LogP contribution in [0.2, 0.25) is 5.02 Å². The minimum atomic E-state index is -4.59. The van der Waals surface area contributed by atoms with Gasteiger partial charge in [0, 0.05) is 37.8 Å². The van der Waals surface area contributed by atoms with Crippen molar-refractivity contribution in [2.75, 3.05) is 56.7 Å². The zero-order valence-electron chi connectivity index (χ0n) is 25.7. The first kappa shape index (κ1) is 32.2. The predicted molar refractivity (Wildman–Crippen MR) is 166 cm³/mol. The molecule has 238 valence electrons. The molecule has 1 saturated carbocycles. The van der Waals surface area contributed by atoms with Crippen molar-refractivity contribution in [3.63, 3.8) is 0 Å². The second kappa shape index (κ2) is 13.8. The van der Waals surface area contributed by atoms with Crippen molar-refractivity contribution in [2.24, 2.45) is 5.92 Å². The SMILES string of the molecule is CC=CN1CCN(c2nc(OCC3CCCC(N(C)C)C3)nc3c2CCN(c2cccc(Cl)c2C(F)(F)F)C3)C[C@@H]1CC#N. The highest BCUT2D eigenvalue weighted by Crippen LogP contribution is 2.43. The Kier molecular flexibility index (Phi) is 10.1.